The summed E-state index contributed by atoms with van der Waals surface area (Å²) in [5.41, 5.74) is 4.95. The van der Waals surface area contributed by atoms with Gasteiger partial charge in [0.15, 0.2) is 0 Å². The van der Waals surface area contributed by atoms with E-state index >= 15 is 0 Å². The molecule has 0 bridgehead atoms. The minimum Gasteiger partial charge on any atom is -0.0517 e. The third kappa shape index (κ3) is 1.86. The molecule has 0 saturated heterocycles. The maximum Gasteiger partial charge on any atom is -0.0239 e. The molecule has 0 fully saturated rings. The van der Waals surface area contributed by atoms with Gasteiger partial charge in [-0.3, -0.25) is 0 Å². The van der Waals surface area contributed by atoms with Gasteiger partial charge in [0.2, 0.25) is 0 Å². The SMILES string of the molecule is CP1C=PP=CP1C. The standard InChI is InChI=1S/C4H8P4/c1-7-3-5-6-4-8(7)2/h3-4H,1-2H3. The number of hydrogen-bond donors (Lipinski definition) is 0. The summed E-state index contributed by atoms with van der Waals surface area (Å²) in [5, 5.41) is 0. The molecule has 0 aromatic heterocycles. The minimum atomic E-state index is 0.312. The first-order valence-electron chi connectivity index (χ1n) is 2.33. The molecule has 0 aromatic rings. The molecular formula is C4H8P4. The smallest absolute Gasteiger partial charge is 0.0239 e. The van der Waals surface area contributed by atoms with Crippen LogP contribution in [0.25, 0.3) is 0 Å². The van der Waals surface area contributed by atoms with Crippen LogP contribution < -0.4 is 0 Å². The fourth-order valence-corrected chi connectivity index (χ4v) is 12.5. The van der Waals surface area contributed by atoms with Gasteiger partial charge < -0.3 is 0 Å². The molecule has 2 unspecified atom stereocenters. The van der Waals surface area contributed by atoms with Crippen LogP contribution in [0.4, 0.5) is 0 Å². The van der Waals surface area contributed by atoms with Crippen molar-refractivity contribution in [3.8, 4) is 0 Å². The topological polar surface area (TPSA) is 0 Å². The Morgan fingerprint density at radius 2 is 1.38 bits per heavy atom. The molecule has 1 rings (SSSR count). The van der Waals surface area contributed by atoms with Crippen molar-refractivity contribution in [2.45, 2.75) is 0 Å². The first-order valence-corrected chi connectivity index (χ1v) is 9.38. The van der Waals surface area contributed by atoms with Crippen molar-refractivity contribution in [3.63, 3.8) is 0 Å². The zero-order valence-corrected chi connectivity index (χ0v) is 8.52. The summed E-state index contributed by atoms with van der Waals surface area (Å²) < 4.78 is 0. The Hall–Kier alpha value is 1.20. The summed E-state index contributed by atoms with van der Waals surface area (Å²) in [6.45, 7) is 4.75. The highest BCUT2D eigenvalue weighted by Gasteiger charge is 2.05. The Morgan fingerprint density at radius 1 is 1.00 bits per heavy atom. The zero-order valence-electron chi connectivity index (χ0n) is 4.94. The monoisotopic (exact) mass is 180 g/mol. The van der Waals surface area contributed by atoms with Crippen LogP contribution in [-0.4, -0.2) is 24.4 Å². The fourth-order valence-electron chi connectivity index (χ4n) is 0.372. The fraction of sp³-hybridized carbons (Fsp3) is 0.500. The molecule has 44 valence electrons. The molecule has 0 radical (unpaired) electrons. The van der Waals surface area contributed by atoms with Gasteiger partial charge >= 0.3 is 0 Å². The lowest BCUT2D eigenvalue weighted by Crippen LogP contribution is -1.71. The third-order valence-corrected chi connectivity index (χ3v) is 12.7. The van der Waals surface area contributed by atoms with Gasteiger partial charge in [-0.15, -0.1) is 0 Å². The molecule has 0 aromatic carbocycles. The van der Waals surface area contributed by atoms with Gasteiger partial charge in [0.05, 0.1) is 0 Å². The minimum absolute atomic E-state index is 0.312. The van der Waals surface area contributed by atoms with E-state index in [-0.39, 0.29) is 0 Å². The van der Waals surface area contributed by atoms with E-state index in [1.165, 1.54) is 15.8 Å². The molecule has 0 nitrogen and oxygen atoms in total. The van der Waals surface area contributed by atoms with Crippen LogP contribution in [-0.2, 0) is 0 Å². The Bertz CT molecular complexity index is 112. The number of rotatable bonds is 0. The van der Waals surface area contributed by atoms with Crippen molar-refractivity contribution in [1.29, 1.82) is 0 Å². The van der Waals surface area contributed by atoms with Gasteiger partial charge in [0.1, 0.15) is 0 Å². The van der Waals surface area contributed by atoms with Crippen molar-refractivity contribution >= 4 is 42.1 Å². The van der Waals surface area contributed by atoms with Crippen LogP contribution in [0.5, 0.6) is 0 Å². The van der Waals surface area contributed by atoms with Crippen LogP contribution in [0, 0.1) is 0 Å². The van der Waals surface area contributed by atoms with Crippen LogP contribution >= 0.6 is 31.0 Å². The van der Waals surface area contributed by atoms with Crippen LogP contribution in [0.1, 0.15) is 0 Å². The molecule has 0 amide bonds. The maximum atomic E-state index is 2.47. The average Bonchev–Trinajstić information content (AvgIpc) is 1.77. The highest BCUT2D eigenvalue weighted by atomic mass is 32.1. The van der Waals surface area contributed by atoms with Gasteiger partial charge in [0.25, 0.3) is 0 Å². The van der Waals surface area contributed by atoms with E-state index in [0.717, 1.165) is 0 Å². The van der Waals surface area contributed by atoms with Crippen molar-refractivity contribution < 1.29 is 0 Å². The van der Waals surface area contributed by atoms with Crippen molar-refractivity contribution in [2.75, 3.05) is 13.3 Å². The molecule has 8 heavy (non-hydrogen) atoms. The molecule has 0 spiro atoms. The lowest BCUT2D eigenvalue weighted by molar-refractivity contribution is 2.43. The lowest BCUT2D eigenvalue weighted by Gasteiger charge is -2.13. The summed E-state index contributed by atoms with van der Waals surface area (Å²) in [5.74, 6) is 0. The Labute approximate surface area is 56.0 Å². The maximum absolute atomic E-state index is 2.47. The Morgan fingerprint density at radius 3 is 1.62 bits per heavy atom. The highest BCUT2D eigenvalue weighted by molar-refractivity contribution is 8.48. The van der Waals surface area contributed by atoms with E-state index in [0.29, 0.717) is 15.2 Å². The van der Waals surface area contributed by atoms with Gasteiger partial charge in [-0.05, 0) is 40.2 Å². The normalized spacial score (nSPS) is 39.8. The van der Waals surface area contributed by atoms with Crippen LogP contribution in [0.3, 0.4) is 0 Å². The van der Waals surface area contributed by atoms with Gasteiger partial charge in [-0.25, -0.2) is 0 Å². The van der Waals surface area contributed by atoms with Crippen molar-refractivity contribution in [2.24, 2.45) is 0 Å². The molecule has 0 saturated carbocycles. The van der Waals surface area contributed by atoms with E-state index in [1.807, 2.05) is 0 Å². The molecule has 1 aliphatic heterocycles. The largest absolute Gasteiger partial charge is 0.0517 e. The molecule has 4 heteroatoms. The van der Waals surface area contributed by atoms with E-state index in [1.54, 1.807) is 0 Å². The first-order chi connectivity index (χ1) is 3.80. The molecule has 0 aliphatic carbocycles. The van der Waals surface area contributed by atoms with Crippen molar-refractivity contribution in [1.82, 2.24) is 0 Å². The van der Waals surface area contributed by atoms with E-state index in [2.05, 4.69) is 24.4 Å². The zero-order chi connectivity index (χ0) is 5.98. The number of hydrogen-bond acceptors (Lipinski definition) is 0. The second-order valence-corrected chi connectivity index (χ2v) is 11.4. The lowest BCUT2D eigenvalue weighted by atomic mass is 11.9. The molecule has 1 aliphatic rings. The first kappa shape index (κ1) is 7.31. The van der Waals surface area contributed by atoms with Gasteiger partial charge in [-0.1, -0.05) is 15.2 Å². The average molecular weight is 180 g/mol. The highest BCUT2D eigenvalue weighted by Crippen LogP contribution is 2.65. The van der Waals surface area contributed by atoms with Crippen molar-refractivity contribution in [3.05, 3.63) is 0 Å². The summed E-state index contributed by atoms with van der Waals surface area (Å²) in [4.78, 5) is 0. The quantitative estimate of drug-likeness (QED) is 0.500. The summed E-state index contributed by atoms with van der Waals surface area (Å²) >= 11 is 0. The van der Waals surface area contributed by atoms with E-state index in [9.17, 15) is 0 Å². The van der Waals surface area contributed by atoms with E-state index < -0.39 is 0 Å². The van der Waals surface area contributed by atoms with E-state index in [4.69, 9.17) is 0 Å². The summed E-state index contributed by atoms with van der Waals surface area (Å²) in [6, 6.07) is 0. The molecule has 2 atom stereocenters. The second kappa shape index (κ2) is 3.39. The Kier molecular flexibility index (Phi) is 3.10. The molecule has 0 N–H and O–H groups in total. The van der Waals surface area contributed by atoms with Gasteiger partial charge in [-0.2, -0.15) is 0 Å². The van der Waals surface area contributed by atoms with Gasteiger partial charge in [0, 0.05) is 0 Å². The predicted molar refractivity (Wildman–Crippen MR) is 51.7 cm³/mol. The summed E-state index contributed by atoms with van der Waals surface area (Å²) in [7, 11) is 3.67. The van der Waals surface area contributed by atoms with Crippen LogP contribution in [0.15, 0.2) is 0 Å². The summed E-state index contributed by atoms with van der Waals surface area (Å²) in [6.07, 6.45) is 0. The van der Waals surface area contributed by atoms with Crippen LogP contribution in [0.2, 0.25) is 0 Å². The predicted octanol–water partition coefficient (Wildman–Crippen LogP) is 3.47. The Balaban J connectivity index is 2.59. The molecular weight excluding hydrogens is 172 g/mol. The molecule has 1 heterocycles. The second-order valence-electron chi connectivity index (χ2n) is 1.61. The third-order valence-electron chi connectivity index (χ3n) is 1.00.